The Morgan fingerprint density at radius 3 is 2.62 bits per heavy atom. The van der Waals surface area contributed by atoms with Gasteiger partial charge in [0.05, 0.1) is 12.1 Å². The Morgan fingerprint density at radius 2 is 2.05 bits per heavy atom. The summed E-state index contributed by atoms with van der Waals surface area (Å²) in [5.74, 6) is -0.219. The zero-order chi connectivity index (χ0) is 15.5. The third kappa shape index (κ3) is 4.44. The lowest BCUT2D eigenvalue weighted by Gasteiger charge is -2.33. The summed E-state index contributed by atoms with van der Waals surface area (Å²) in [6, 6.07) is 4.72. The number of hydrogen-bond donors (Lipinski definition) is 2. The molecule has 4 nitrogen and oxygen atoms in total. The van der Waals surface area contributed by atoms with E-state index in [1.165, 1.54) is 12.1 Å². The predicted octanol–water partition coefficient (Wildman–Crippen LogP) is 1.94. The number of amides is 1. The molecule has 0 aromatic heterocycles. The molecule has 0 radical (unpaired) electrons. The Morgan fingerprint density at radius 1 is 1.38 bits per heavy atom. The molecule has 21 heavy (non-hydrogen) atoms. The first-order valence-electron chi connectivity index (χ1n) is 6.78. The molecule has 1 amide bonds. The molecule has 0 spiro atoms. The molecule has 116 valence electrons. The van der Waals surface area contributed by atoms with E-state index in [1.807, 2.05) is 11.8 Å². The first kappa shape index (κ1) is 15.8. The molecule has 1 saturated heterocycles. The van der Waals surface area contributed by atoms with Gasteiger partial charge in [-0.05, 0) is 31.2 Å². The van der Waals surface area contributed by atoms with E-state index in [4.69, 9.17) is 0 Å². The van der Waals surface area contributed by atoms with Crippen LogP contribution in [0.4, 0.5) is 18.9 Å². The van der Waals surface area contributed by atoms with Gasteiger partial charge in [-0.1, -0.05) is 0 Å². The lowest BCUT2D eigenvalue weighted by atomic mass is 10.2. The summed E-state index contributed by atoms with van der Waals surface area (Å²) in [6.45, 7) is 4.70. The summed E-state index contributed by atoms with van der Waals surface area (Å²) in [6.07, 6.45) is -4.36. The van der Waals surface area contributed by atoms with E-state index in [0.29, 0.717) is 5.69 Å². The number of anilines is 1. The standard InChI is InChI=1S/C14H18F3N3O/c1-10-8-18-6-7-20(10)9-13(21)19-12-4-2-11(3-5-12)14(15,16)17/h2-5,10,18H,6-9H2,1H3,(H,19,21)/t10-/m0/s1. The summed E-state index contributed by atoms with van der Waals surface area (Å²) < 4.78 is 37.3. The lowest BCUT2D eigenvalue weighted by Crippen LogP contribution is -2.51. The van der Waals surface area contributed by atoms with Gasteiger partial charge in [-0.15, -0.1) is 0 Å². The van der Waals surface area contributed by atoms with Gasteiger partial charge in [0.2, 0.25) is 5.91 Å². The van der Waals surface area contributed by atoms with Crippen molar-refractivity contribution in [2.75, 3.05) is 31.5 Å². The minimum absolute atomic E-state index is 0.219. The highest BCUT2D eigenvalue weighted by Gasteiger charge is 2.30. The average molecular weight is 301 g/mol. The van der Waals surface area contributed by atoms with Crippen LogP contribution in [0.15, 0.2) is 24.3 Å². The van der Waals surface area contributed by atoms with Crippen LogP contribution in [0.1, 0.15) is 12.5 Å². The third-order valence-electron chi connectivity index (χ3n) is 3.48. The van der Waals surface area contributed by atoms with Gasteiger partial charge in [-0.3, -0.25) is 9.69 Å². The number of nitrogens with one attached hydrogen (secondary N) is 2. The van der Waals surface area contributed by atoms with Crippen LogP contribution in [-0.2, 0) is 11.0 Å². The highest BCUT2D eigenvalue weighted by Crippen LogP contribution is 2.29. The molecule has 1 aliphatic rings. The van der Waals surface area contributed by atoms with E-state index in [2.05, 4.69) is 10.6 Å². The van der Waals surface area contributed by atoms with Crippen LogP contribution in [0.3, 0.4) is 0 Å². The molecule has 1 aliphatic heterocycles. The van der Waals surface area contributed by atoms with E-state index in [9.17, 15) is 18.0 Å². The molecule has 1 fully saturated rings. The average Bonchev–Trinajstić information content (AvgIpc) is 2.41. The molecule has 0 aliphatic carbocycles. The number of carbonyl (C=O) groups is 1. The molecule has 2 N–H and O–H groups in total. The van der Waals surface area contributed by atoms with Crippen LogP contribution in [-0.4, -0.2) is 43.0 Å². The first-order valence-corrected chi connectivity index (χ1v) is 6.78. The van der Waals surface area contributed by atoms with Gasteiger partial charge in [0, 0.05) is 31.4 Å². The quantitative estimate of drug-likeness (QED) is 0.897. The van der Waals surface area contributed by atoms with Crippen molar-refractivity contribution in [3.63, 3.8) is 0 Å². The normalized spacial score (nSPS) is 20.3. The Hall–Kier alpha value is -1.60. The monoisotopic (exact) mass is 301 g/mol. The van der Waals surface area contributed by atoms with Crippen molar-refractivity contribution in [2.24, 2.45) is 0 Å². The van der Waals surface area contributed by atoms with Crippen LogP contribution in [0.25, 0.3) is 0 Å². The Kier molecular flexibility index (Phi) is 4.84. The summed E-state index contributed by atoms with van der Waals surface area (Å²) in [4.78, 5) is 14.0. The number of alkyl halides is 3. The summed E-state index contributed by atoms with van der Waals surface area (Å²) in [7, 11) is 0. The maximum atomic E-state index is 12.4. The van der Waals surface area contributed by atoms with Crippen molar-refractivity contribution in [3.05, 3.63) is 29.8 Å². The molecular weight excluding hydrogens is 283 g/mol. The van der Waals surface area contributed by atoms with Gasteiger partial charge in [-0.2, -0.15) is 13.2 Å². The number of hydrogen-bond acceptors (Lipinski definition) is 3. The van der Waals surface area contributed by atoms with Crippen molar-refractivity contribution in [1.82, 2.24) is 10.2 Å². The zero-order valence-electron chi connectivity index (χ0n) is 11.7. The number of rotatable bonds is 3. The summed E-state index contributed by atoms with van der Waals surface area (Å²) in [5, 5.41) is 5.85. The molecule has 1 heterocycles. The minimum Gasteiger partial charge on any atom is -0.325 e. The summed E-state index contributed by atoms with van der Waals surface area (Å²) >= 11 is 0. The largest absolute Gasteiger partial charge is 0.416 e. The Labute approximate surface area is 121 Å². The van der Waals surface area contributed by atoms with Crippen LogP contribution in [0, 0.1) is 0 Å². The first-order chi connectivity index (χ1) is 9.86. The van der Waals surface area contributed by atoms with E-state index < -0.39 is 11.7 Å². The van der Waals surface area contributed by atoms with Crippen molar-refractivity contribution >= 4 is 11.6 Å². The third-order valence-corrected chi connectivity index (χ3v) is 3.48. The number of halogens is 3. The molecule has 0 bridgehead atoms. The topological polar surface area (TPSA) is 44.4 Å². The number of benzene rings is 1. The molecule has 1 atom stereocenters. The molecule has 0 unspecified atom stereocenters. The predicted molar refractivity (Wildman–Crippen MR) is 74.0 cm³/mol. The van der Waals surface area contributed by atoms with Gasteiger partial charge in [0.1, 0.15) is 0 Å². The van der Waals surface area contributed by atoms with Crippen molar-refractivity contribution in [3.8, 4) is 0 Å². The number of nitrogens with zero attached hydrogens (tertiary/aromatic N) is 1. The molecule has 7 heteroatoms. The van der Waals surface area contributed by atoms with Crippen LogP contribution >= 0.6 is 0 Å². The highest BCUT2D eigenvalue weighted by atomic mass is 19.4. The molecule has 1 aromatic carbocycles. The smallest absolute Gasteiger partial charge is 0.325 e. The molecule has 1 aromatic rings. The fraction of sp³-hybridized carbons (Fsp3) is 0.500. The highest BCUT2D eigenvalue weighted by molar-refractivity contribution is 5.92. The van der Waals surface area contributed by atoms with Crippen LogP contribution in [0.5, 0.6) is 0 Å². The Bertz CT molecular complexity index is 487. The number of carbonyl (C=O) groups excluding carboxylic acids is 1. The SMILES string of the molecule is C[C@H]1CNCCN1CC(=O)Nc1ccc(C(F)(F)F)cc1. The second-order valence-corrected chi connectivity index (χ2v) is 5.15. The van der Waals surface area contributed by atoms with Gasteiger partial charge in [-0.25, -0.2) is 0 Å². The second-order valence-electron chi connectivity index (χ2n) is 5.15. The van der Waals surface area contributed by atoms with Crippen molar-refractivity contribution in [1.29, 1.82) is 0 Å². The molecule has 2 rings (SSSR count). The molecule has 0 saturated carbocycles. The maximum absolute atomic E-state index is 12.4. The van der Waals surface area contributed by atoms with E-state index >= 15 is 0 Å². The number of piperazine rings is 1. The van der Waals surface area contributed by atoms with Gasteiger partial charge in [0.25, 0.3) is 0 Å². The van der Waals surface area contributed by atoms with E-state index in [-0.39, 0.29) is 18.5 Å². The van der Waals surface area contributed by atoms with Crippen molar-refractivity contribution < 1.29 is 18.0 Å². The Balaban J connectivity index is 1.90. The van der Waals surface area contributed by atoms with Gasteiger partial charge >= 0.3 is 6.18 Å². The lowest BCUT2D eigenvalue weighted by molar-refractivity contribution is -0.137. The fourth-order valence-electron chi connectivity index (χ4n) is 2.25. The van der Waals surface area contributed by atoms with Crippen molar-refractivity contribution in [2.45, 2.75) is 19.1 Å². The second kappa shape index (κ2) is 6.44. The minimum atomic E-state index is -4.36. The van der Waals surface area contributed by atoms with E-state index in [1.54, 1.807) is 0 Å². The maximum Gasteiger partial charge on any atom is 0.416 e. The van der Waals surface area contributed by atoms with Gasteiger partial charge in [0.15, 0.2) is 0 Å². The van der Waals surface area contributed by atoms with Gasteiger partial charge < -0.3 is 10.6 Å². The molecular formula is C14H18F3N3O. The van der Waals surface area contributed by atoms with Crippen LogP contribution in [0.2, 0.25) is 0 Å². The van der Waals surface area contributed by atoms with E-state index in [0.717, 1.165) is 31.8 Å². The van der Waals surface area contributed by atoms with Crippen LogP contribution < -0.4 is 10.6 Å². The fourth-order valence-corrected chi connectivity index (χ4v) is 2.25. The zero-order valence-corrected chi connectivity index (χ0v) is 11.7. The summed E-state index contributed by atoms with van der Waals surface area (Å²) in [5.41, 5.74) is -0.355.